The van der Waals surface area contributed by atoms with Gasteiger partial charge in [-0.05, 0) is 25.5 Å². The molecule has 0 unspecified atom stereocenters. The summed E-state index contributed by atoms with van der Waals surface area (Å²) in [6.45, 7) is 8.05. The minimum absolute atomic E-state index is 0.106. The predicted molar refractivity (Wildman–Crippen MR) is 95.7 cm³/mol. The van der Waals surface area contributed by atoms with E-state index < -0.39 is 0 Å². The summed E-state index contributed by atoms with van der Waals surface area (Å²) in [5.74, 6) is 0.832. The molecule has 1 aromatic carbocycles. The highest BCUT2D eigenvalue weighted by Crippen LogP contribution is 2.35. The smallest absolute Gasteiger partial charge is 0.266 e. The Balaban J connectivity index is 2.14. The van der Waals surface area contributed by atoms with Crippen molar-refractivity contribution in [2.45, 2.75) is 19.4 Å². The van der Waals surface area contributed by atoms with Crippen molar-refractivity contribution in [2.75, 3.05) is 24.6 Å². The standard InChI is InChI=1S/C17H21N3O2S/c1-3-22-14-6-4-5-12(9-15-17(21)19-11(2)23-15)16(14)20-8-7-13(18)10-20/h4-6,9,13H,2-3,7-8,10,18H2,1H3,(H,19,21)/b15-9-/t13-/m0/s1. The fourth-order valence-electron chi connectivity index (χ4n) is 2.89. The number of anilines is 1. The van der Waals surface area contributed by atoms with Crippen LogP contribution in [0, 0.1) is 0 Å². The third-order valence-electron chi connectivity index (χ3n) is 3.87. The number of rotatable bonds is 4. The Kier molecular flexibility index (Phi) is 4.54. The number of nitrogens with zero attached hydrogens (tertiary/aromatic N) is 1. The first-order valence-corrected chi connectivity index (χ1v) is 8.56. The monoisotopic (exact) mass is 331 g/mol. The Morgan fingerprint density at radius 1 is 1.57 bits per heavy atom. The first-order chi connectivity index (χ1) is 11.1. The molecule has 1 atom stereocenters. The van der Waals surface area contributed by atoms with Crippen molar-refractivity contribution in [3.05, 3.63) is 43.3 Å². The Labute approximate surface area is 138 Å². The lowest BCUT2D eigenvalue weighted by Crippen LogP contribution is -2.27. The van der Waals surface area contributed by atoms with Crippen LogP contribution in [0.25, 0.3) is 12.7 Å². The molecule has 6 heteroatoms. The zero-order valence-electron chi connectivity index (χ0n) is 13.2. The van der Waals surface area contributed by atoms with E-state index in [0.29, 0.717) is 15.8 Å². The van der Waals surface area contributed by atoms with Crippen LogP contribution in [0.4, 0.5) is 5.69 Å². The van der Waals surface area contributed by atoms with Gasteiger partial charge in [0.2, 0.25) is 0 Å². The highest BCUT2D eigenvalue weighted by atomic mass is 32.1. The molecule has 0 bridgehead atoms. The molecule has 0 spiro atoms. The Morgan fingerprint density at radius 2 is 2.39 bits per heavy atom. The molecule has 3 N–H and O–H groups in total. The summed E-state index contributed by atoms with van der Waals surface area (Å²) >= 11 is 1.36. The summed E-state index contributed by atoms with van der Waals surface area (Å²) in [6.07, 6.45) is 2.86. The average molecular weight is 331 g/mol. The maximum absolute atomic E-state index is 12.0. The molecule has 0 amide bonds. The summed E-state index contributed by atoms with van der Waals surface area (Å²) in [7, 11) is 0. The maximum atomic E-state index is 12.0. The van der Waals surface area contributed by atoms with E-state index in [4.69, 9.17) is 10.5 Å². The van der Waals surface area contributed by atoms with Crippen LogP contribution >= 0.6 is 11.3 Å². The van der Waals surface area contributed by atoms with E-state index in [9.17, 15) is 4.79 Å². The van der Waals surface area contributed by atoms with Crippen LogP contribution in [0.2, 0.25) is 0 Å². The number of nitrogens with one attached hydrogen (secondary N) is 1. The summed E-state index contributed by atoms with van der Waals surface area (Å²) in [6, 6.07) is 6.09. The maximum Gasteiger partial charge on any atom is 0.266 e. The van der Waals surface area contributed by atoms with Crippen molar-refractivity contribution >= 4 is 29.7 Å². The van der Waals surface area contributed by atoms with Gasteiger partial charge in [0.05, 0.1) is 21.5 Å². The van der Waals surface area contributed by atoms with Crippen molar-refractivity contribution in [3.8, 4) is 5.75 Å². The summed E-state index contributed by atoms with van der Waals surface area (Å²) < 4.78 is 7.11. The SMILES string of the molecule is C=c1[nH]c(=O)/c(=C/c2cccc(OCC)c2N2CC[C@H](N)C2)s1. The van der Waals surface area contributed by atoms with Crippen LogP contribution in [0.5, 0.6) is 5.75 Å². The number of benzene rings is 1. The van der Waals surface area contributed by atoms with Crippen LogP contribution in [0.1, 0.15) is 18.9 Å². The number of aromatic nitrogens is 1. The van der Waals surface area contributed by atoms with Crippen molar-refractivity contribution in [3.63, 3.8) is 0 Å². The number of hydrogen-bond donors (Lipinski definition) is 2. The highest BCUT2D eigenvalue weighted by Gasteiger charge is 2.24. The Morgan fingerprint density at radius 3 is 3.00 bits per heavy atom. The topological polar surface area (TPSA) is 71.4 Å². The van der Waals surface area contributed by atoms with E-state index in [1.807, 2.05) is 31.2 Å². The molecule has 1 aliphatic heterocycles. The van der Waals surface area contributed by atoms with E-state index in [0.717, 1.165) is 36.5 Å². The van der Waals surface area contributed by atoms with E-state index in [2.05, 4.69) is 16.5 Å². The number of nitrogens with two attached hydrogens (primary N) is 1. The van der Waals surface area contributed by atoms with E-state index in [-0.39, 0.29) is 11.6 Å². The number of para-hydroxylation sites is 1. The van der Waals surface area contributed by atoms with Gasteiger partial charge in [-0.3, -0.25) is 4.79 Å². The lowest BCUT2D eigenvalue weighted by molar-refractivity contribution is 0.340. The molecule has 0 saturated carbocycles. The highest BCUT2D eigenvalue weighted by molar-refractivity contribution is 7.07. The second-order valence-corrected chi connectivity index (χ2v) is 6.75. The summed E-state index contributed by atoms with van der Waals surface area (Å²) in [5, 5.41) is 0. The van der Waals surface area contributed by atoms with Crippen molar-refractivity contribution in [1.29, 1.82) is 0 Å². The van der Waals surface area contributed by atoms with Crippen molar-refractivity contribution in [2.24, 2.45) is 5.73 Å². The molecular weight excluding hydrogens is 310 g/mol. The zero-order valence-corrected chi connectivity index (χ0v) is 14.0. The third-order valence-corrected chi connectivity index (χ3v) is 4.74. The molecular formula is C17H21N3O2S. The number of hydrogen-bond acceptors (Lipinski definition) is 5. The predicted octanol–water partition coefficient (Wildman–Crippen LogP) is 0.612. The Hall–Kier alpha value is -2.05. The van der Waals surface area contributed by atoms with Crippen molar-refractivity contribution < 1.29 is 4.74 Å². The van der Waals surface area contributed by atoms with E-state index in [1.165, 1.54) is 11.3 Å². The van der Waals surface area contributed by atoms with Gasteiger partial charge in [-0.25, -0.2) is 0 Å². The molecule has 2 aromatic rings. The molecule has 1 aromatic heterocycles. The van der Waals surface area contributed by atoms with E-state index >= 15 is 0 Å². The van der Waals surface area contributed by atoms with Gasteiger partial charge < -0.3 is 20.4 Å². The lowest BCUT2D eigenvalue weighted by atomic mass is 10.1. The van der Waals surface area contributed by atoms with Crippen LogP contribution in [0.15, 0.2) is 23.0 Å². The number of aromatic amines is 1. The van der Waals surface area contributed by atoms with Crippen LogP contribution in [0.3, 0.4) is 0 Å². The molecule has 5 nitrogen and oxygen atoms in total. The van der Waals surface area contributed by atoms with Gasteiger partial charge >= 0.3 is 0 Å². The molecule has 1 aliphatic rings. The van der Waals surface area contributed by atoms with Gasteiger partial charge in [-0.15, -0.1) is 11.3 Å². The number of H-pyrrole nitrogens is 1. The molecule has 0 aliphatic carbocycles. The van der Waals surface area contributed by atoms with Gasteiger partial charge in [-0.1, -0.05) is 18.7 Å². The first-order valence-electron chi connectivity index (χ1n) is 7.74. The first kappa shape index (κ1) is 15.8. The minimum Gasteiger partial charge on any atom is -0.492 e. The van der Waals surface area contributed by atoms with Gasteiger partial charge in [-0.2, -0.15) is 0 Å². The largest absolute Gasteiger partial charge is 0.492 e. The van der Waals surface area contributed by atoms with Gasteiger partial charge in [0.1, 0.15) is 5.75 Å². The molecule has 2 heterocycles. The van der Waals surface area contributed by atoms with Gasteiger partial charge in [0, 0.05) is 24.7 Å². The fourth-order valence-corrected chi connectivity index (χ4v) is 3.62. The van der Waals surface area contributed by atoms with Gasteiger partial charge in [0.15, 0.2) is 0 Å². The second kappa shape index (κ2) is 6.60. The lowest BCUT2D eigenvalue weighted by Gasteiger charge is -2.23. The van der Waals surface area contributed by atoms with Crippen molar-refractivity contribution in [1.82, 2.24) is 4.98 Å². The zero-order chi connectivity index (χ0) is 16.4. The Bertz CT molecular complexity index is 855. The molecule has 3 rings (SSSR count). The number of thiazole rings is 1. The van der Waals surface area contributed by atoms with Crippen LogP contribution < -0.4 is 30.1 Å². The van der Waals surface area contributed by atoms with Crippen LogP contribution in [-0.2, 0) is 0 Å². The third kappa shape index (κ3) is 3.33. The molecule has 1 saturated heterocycles. The quantitative estimate of drug-likeness (QED) is 0.861. The molecule has 23 heavy (non-hydrogen) atoms. The van der Waals surface area contributed by atoms with E-state index in [1.54, 1.807) is 0 Å². The van der Waals surface area contributed by atoms with Crippen LogP contribution in [-0.4, -0.2) is 30.7 Å². The second-order valence-electron chi connectivity index (χ2n) is 5.61. The molecule has 0 radical (unpaired) electrons. The molecule has 122 valence electrons. The summed E-state index contributed by atoms with van der Waals surface area (Å²) in [4.78, 5) is 16.9. The van der Waals surface area contributed by atoms with Gasteiger partial charge in [0.25, 0.3) is 5.56 Å². The fraction of sp³-hybridized carbons (Fsp3) is 0.353. The average Bonchev–Trinajstić information content (AvgIpc) is 3.06. The molecule has 1 fully saturated rings. The number of ether oxygens (including phenoxy) is 1. The minimum atomic E-state index is -0.106. The summed E-state index contributed by atoms with van der Waals surface area (Å²) in [5.41, 5.74) is 7.94. The normalized spacial score (nSPS) is 18.6.